The van der Waals surface area contributed by atoms with Gasteiger partial charge in [0.05, 0.1) is 0 Å². The molecule has 0 bridgehead atoms. The molecule has 3 heteroatoms. The minimum atomic E-state index is 0.190. The highest BCUT2D eigenvalue weighted by Gasteiger charge is 2.14. The van der Waals surface area contributed by atoms with Gasteiger partial charge in [-0.15, -0.1) is 0 Å². The second kappa shape index (κ2) is 7.07. The van der Waals surface area contributed by atoms with Crippen molar-refractivity contribution in [3.05, 3.63) is 29.8 Å². The zero-order valence-electron chi connectivity index (χ0n) is 10.8. The number of amides is 1. The number of para-hydroxylation sites is 1. The summed E-state index contributed by atoms with van der Waals surface area (Å²) in [4.78, 5) is 13.9. The maximum Gasteiger partial charge on any atom is 0.226 e. The van der Waals surface area contributed by atoms with Crippen molar-refractivity contribution in [2.45, 2.75) is 33.1 Å². The molecule has 0 heterocycles. The van der Waals surface area contributed by atoms with Crippen LogP contribution in [0.2, 0.25) is 0 Å². The van der Waals surface area contributed by atoms with Crippen LogP contribution in [0.25, 0.3) is 0 Å². The fraction of sp³-hybridized carbons (Fsp3) is 0.500. The van der Waals surface area contributed by atoms with E-state index in [9.17, 15) is 4.79 Å². The lowest BCUT2D eigenvalue weighted by molar-refractivity contribution is -0.118. The molecule has 17 heavy (non-hydrogen) atoms. The average molecular weight is 234 g/mol. The Morgan fingerprint density at radius 2 is 2.00 bits per heavy atom. The molecule has 0 saturated carbocycles. The van der Waals surface area contributed by atoms with Gasteiger partial charge in [-0.1, -0.05) is 18.2 Å². The third-order valence-electron chi connectivity index (χ3n) is 2.87. The van der Waals surface area contributed by atoms with E-state index in [4.69, 9.17) is 5.73 Å². The lowest BCUT2D eigenvalue weighted by Gasteiger charge is -2.23. The predicted octanol–water partition coefficient (Wildman–Crippen LogP) is 2.48. The van der Waals surface area contributed by atoms with Gasteiger partial charge in [0.25, 0.3) is 0 Å². The maximum absolute atomic E-state index is 12.1. The second-order valence-corrected chi connectivity index (χ2v) is 4.17. The summed E-state index contributed by atoms with van der Waals surface area (Å²) in [5.41, 5.74) is 7.60. The number of aryl methyl sites for hydroxylation is 1. The Kier molecular flexibility index (Phi) is 5.70. The third-order valence-corrected chi connectivity index (χ3v) is 2.87. The summed E-state index contributed by atoms with van der Waals surface area (Å²) in [7, 11) is 0. The second-order valence-electron chi connectivity index (χ2n) is 4.17. The van der Waals surface area contributed by atoms with E-state index in [0.717, 1.165) is 24.1 Å². The van der Waals surface area contributed by atoms with Gasteiger partial charge in [0, 0.05) is 18.7 Å². The molecule has 0 aliphatic rings. The van der Waals surface area contributed by atoms with E-state index in [-0.39, 0.29) is 5.91 Å². The lowest BCUT2D eigenvalue weighted by atomic mass is 10.1. The summed E-state index contributed by atoms with van der Waals surface area (Å²) in [5.74, 6) is 0.190. The first-order valence-corrected chi connectivity index (χ1v) is 6.26. The van der Waals surface area contributed by atoms with Gasteiger partial charge >= 0.3 is 0 Å². The first kappa shape index (κ1) is 13.7. The van der Waals surface area contributed by atoms with E-state index in [2.05, 4.69) is 0 Å². The molecular formula is C14H22N2O. The molecule has 1 amide bonds. The van der Waals surface area contributed by atoms with Crippen LogP contribution in [-0.4, -0.2) is 19.0 Å². The minimum absolute atomic E-state index is 0.190. The largest absolute Gasteiger partial charge is 0.330 e. The summed E-state index contributed by atoms with van der Waals surface area (Å²) in [5, 5.41) is 0. The molecule has 0 aliphatic heterocycles. The van der Waals surface area contributed by atoms with E-state index < -0.39 is 0 Å². The molecule has 0 unspecified atom stereocenters. The molecule has 0 atom stereocenters. The Balaban J connectivity index is 2.71. The number of unbranched alkanes of at least 4 members (excludes halogenated alkanes) is 1. The number of hydrogen-bond donors (Lipinski definition) is 1. The standard InChI is InChI=1S/C14H22N2O/c1-3-16(14(17)10-6-7-11-15)13-9-5-4-8-12(13)2/h4-5,8-9H,3,6-7,10-11,15H2,1-2H3. The van der Waals surface area contributed by atoms with Gasteiger partial charge in [-0.3, -0.25) is 4.79 Å². The van der Waals surface area contributed by atoms with Crippen molar-refractivity contribution in [3.63, 3.8) is 0 Å². The molecular weight excluding hydrogens is 212 g/mol. The van der Waals surface area contributed by atoms with Gasteiger partial charge in [-0.2, -0.15) is 0 Å². The molecule has 3 nitrogen and oxygen atoms in total. The van der Waals surface area contributed by atoms with E-state index in [0.29, 0.717) is 19.5 Å². The number of anilines is 1. The topological polar surface area (TPSA) is 46.3 Å². The van der Waals surface area contributed by atoms with Crippen molar-refractivity contribution < 1.29 is 4.79 Å². The molecule has 1 aromatic carbocycles. The van der Waals surface area contributed by atoms with Crippen LogP contribution < -0.4 is 10.6 Å². The van der Waals surface area contributed by atoms with Crippen molar-refractivity contribution >= 4 is 11.6 Å². The molecule has 2 N–H and O–H groups in total. The van der Waals surface area contributed by atoms with Gasteiger partial charge < -0.3 is 10.6 Å². The SMILES string of the molecule is CCN(C(=O)CCCCN)c1ccccc1C. The molecule has 1 aromatic rings. The lowest BCUT2D eigenvalue weighted by Crippen LogP contribution is -2.31. The smallest absolute Gasteiger partial charge is 0.226 e. The number of carbonyl (C=O) groups excluding carboxylic acids is 1. The highest BCUT2D eigenvalue weighted by molar-refractivity contribution is 5.93. The Morgan fingerprint density at radius 3 is 2.59 bits per heavy atom. The maximum atomic E-state index is 12.1. The van der Waals surface area contributed by atoms with Crippen LogP contribution in [0, 0.1) is 6.92 Å². The molecule has 1 rings (SSSR count). The number of benzene rings is 1. The summed E-state index contributed by atoms with van der Waals surface area (Å²) in [6.45, 7) is 5.41. The molecule has 0 spiro atoms. The molecule has 0 aromatic heterocycles. The number of nitrogens with zero attached hydrogens (tertiary/aromatic N) is 1. The van der Waals surface area contributed by atoms with Gasteiger partial charge in [0.15, 0.2) is 0 Å². The first-order valence-electron chi connectivity index (χ1n) is 6.26. The minimum Gasteiger partial charge on any atom is -0.330 e. The Hall–Kier alpha value is -1.35. The molecule has 0 fully saturated rings. The van der Waals surface area contributed by atoms with E-state index in [1.165, 1.54) is 0 Å². The highest BCUT2D eigenvalue weighted by atomic mass is 16.2. The summed E-state index contributed by atoms with van der Waals surface area (Å²) in [6.07, 6.45) is 2.37. The number of rotatable bonds is 6. The van der Waals surface area contributed by atoms with Crippen LogP contribution in [0.5, 0.6) is 0 Å². The fourth-order valence-electron chi connectivity index (χ4n) is 1.90. The summed E-state index contributed by atoms with van der Waals surface area (Å²) >= 11 is 0. The van der Waals surface area contributed by atoms with Gasteiger partial charge in [-0.05, 0) is 44.9 Å². The molecule has 0 aliphatic carbocycles. The Labute approximate surface area is 104 Å². The molecule has 0 radical (unpaired) electrons. The van der Waals surface area contributed by atoms with Crippen molar-refractivity contribution in [1.29, 1.82) is 0 Å². The zero-order valence-corrected chi connectivity index (χ0v) is 10.8. The summed E-state index contributed by atoms with van der Waals surface area (Å²) in [6, 6.07) is 7.99. The van der Waals surface area contributed by atoms with Crippen LogP contribution in [0.3, 0.4) is 0 Å². The highest BCUT2D eigenvalue weighted by Crippen LogP contribution is 2.20. The van der Waals surface area contributed by atoms with Crippen LogP contribution in [0.1, 0.15) is 31.7 Å². The van der Waals surface area contributed by atoms with Crippen LogP contribution >= 0.6 is 0 Å². The van der Waals surface area contributed by atoms with Crippen LogP contribution in [0.15, 0.2) is 24.3 Å². The number of nitrogens with two attached hydrogens (primary N) is 1. The molecule has 0 saturated heterocycles. The van der Waals surface area contributed by atoms with Crippen molar-refractivity contribution in [2.24, 2.45) is 5.73 Å². The average Bonchev–Trinajstić information content (AvgIpc) is 2.33. The normalized spacial score (nSPS) is 10.3. The van der Waals surface area contributed by atoms with Gasteiger partial charge in [-0.25, -0.2) is 0 Å². The summed E-state index contributed by atoms with van der Waals surface area (Å²) < 4.78 is 0. The van der Waals surface area contributed by atoms with Gasteiger partial charge in [0.1, 0.15) is 0 Å². The van der Waals surface area contributed by atoms with Crippen molar-refractivity contribution in [2.75, 3.05) is 18.0 Å². The Morgan fingerprint density at radius 1 is 1.29 bits per heavy atom. The number of carbonyl (C=O) groups is 1. The van der Waals surface area contributed by atoms with Crippen LogP contribution in [0.4, 0.5) is 5.69 Å². The quantitative estimate of drug-likeness (QED) is 0.769. The fourth-order valence-corrected chi connectivity index (χ4v) is 1.90. The zero-order chi connectivity index (χ0) is 12.7. The Bertz CT molecular complexity index is 363. The third kappa shape index (κ3) is 3.86. The van der Waals surface area contributed by atoms with E-state index in [1.54, 1.807) is 0 Å². The number of hydrogen-bond acceptors (Lipinski definition) is 2. The monoisotopic (exact) mass is 234 g/mol. The van der Waals surface area contributed by atoms with Crippen molar-refractivity contribution in [1.82, 2.24) is 0 Å². The van der Waals surface area contributed by atoms with Crippen molar-refractivity contribution in [3.8, 4) is 0 Å². The molecule has 94 valence electrons. The van der Waals surface area contributed by atoms with Gasteiger partial charge in [0.2, 0.25) is 5.91 Å². The van der Waals surface area contributed by atoms with Crippen LogP contribution in [-0.2, 0) is 4.79 Å². The predicted molar refractivity (Wildman–Crippen MR) is 72.1 cm³/mol. The van der Waals surface area contributed by atoms with E-state index in [1.807, 2.05) is 43.0 Å². The van der Waals surface area contributed by atoms with E-state index >= 15 is 0 Å². The first-order chi connectivity index (χ1) is 8.20.